The van der Waals surface area contributed by atoms with Gasteiger partial charge in [-0.1, -0.05) is 6.07 Å². The third-order valence-electron chi connectivity index (χ3n) is 3.44. The molecule has 0 saturated carbocycles. The number of hydrogen-bond donors (Lipinski definition) is 0. The molecule has 96 valence electrons. The quantitative estimate of drug-likeness (QED) is 0.785. The molecule has 3 rings (SSSR count). The van der Waals surface area contributed by atoms with Crippen LogP contribution in [-0.2, 0) is 12.8 Å². The van der Waals surface area contributed by atoms with Crippen molar-refractivity contribution in [2.75, 3.05) is 0 Å². The Morgan fingerprint density at radius 2 is 1.89 bits per heavy atom. The summed E-state index contributed by atoms with van der Waals surface area (Å²) in [6.07, 6.45) is 7.12. The highest BCUT2D eigenvalue weighted by molar-refractivity contribution is 5.74. The summed E-state index contributed by atoms with van der Waals surface area (Å²) in [5, 5.41) is 0. The van der Waals surface area contributed by atoms with Gasteiger partial charge in [-0.05, 0) is 55.0 Å². The minimum absolute atomic E-state index is 0.515. The van der Waals surface area contributed by atoms with Crippen LogP contribution >= 0.6 is 0 Å². The first kappa shape index (κ1) is 11.9. The summed E-state index contributed by atoms with van der Waals surface area (Å²) in [6.45, 7) is 0. The Morgan fingerprint density at radius 1 is 1.05 bits per heavy atom. The monoisotopic (exact) mass is 253 g/mol. The van der Waals surface area contributed by atoms with Gasteiger partial charge in [0.25, 0.3) is 0 Å². The van der Waals surface area contributed by atoms with Gasteiger partial charge in [0.1, 0.15) is 5.75 Å². The van der Waals surface area contributed by atoms with E-state index >= 15 is 0 Å². The molecular formula is C16H15NO2. The highest BCUT2D eigenvalue weighted by atomic mass is 16.5. The molecule has 1 aliphatic rings. The molecule has 1 aliphatic carbocycles. The van der Waals surface area contributed by atoms with E-state index in [9.17, 15) is 4.79 Å². The predicted molar refractivity (Wildman–Crippen MR) is 72.8 cm³/mol. The van der Waals surface area contributed by atoms with Crippen LogP contribution in [-0.4, -0.2) is 11.3 Å². The Bertz CT molecular complexity index is 590. The van der Waals surface area contributed by atoms with Gasteiger partial charge in [0.15, 0.2) is 6.29 Å². The van der Waals surface area contributed by atoms with Crippen molar-refractivity contribution in [1.29, 1.82) is 0 Å². The minimum atomic E-state index is 0.515. The Labute approximate surface area is 112 Å². The maximum atomic E-state index is 10.6. The van der Waals surface area contributed by atoms with Gasteiger partial charge in [-0.25, -0.2) is 4.98 Å². The molecule has 1 heterocycles. The number of aldehydes is 1. The molecule has 19 heavy (non-hydrogen) atoms. The predicted octanol–water partition coefficient (Wildman–Crippen LogP) is 3.57. The fourth-order valence-electron chi connectivity index (χ4n) is 2.42. The van der Waals surface area contributed by atoms with E-state index in [1.807, 2.05) is 6.07 Å². The molecule has 2 aromatic rings. The van der Waals surface area contributed by atoms with E-state index in [-0.39, 0.29) is 0 Å². The summed E-state index contributed by atoms with van der Waals surface area (Å²) < 4.78 is 5.72. The summed E-state index contributed by atoms with van der Waals surface area (Å²) in [7, 11) is 0. The van der Waals surface area contributed by atoms with Crippen LogP contribution in [0.2, 0.25) is 0 Å². The molecule has 0 unspecified atom stereocenters. The second kappa shape index (κ2) is 5.22. The molecule has 0 aliphatic heterocycles. The number of aromatic nitrogens is 1. The van der Waals surface area contributed by atoms with Gasteiger partial charge in [-0.3, -0.25) is 4.79 Å². The maximum Gasteiger partial charge on any atom is 0.219 e. The maximum absolute atomic E-state index is 10.6. The second-order valence-electron chi connectivity index (χ2n) is 4.79. The molecule has 0 fully saturated rings. The first-order valence-electron chi connectivity index (χ1n) is 6.56. The number of aryl methyl sites for hydroxylation is 2. The average Bonchev–Trinajstić information content (AvgIpc) is 2.48. The number of carbonyl (C=O) groups excluding carboxylic acids is 1. The lowest BCUT2D eigenvalue weighted by Crippen LogP contribution is -2.02. The molecular weight excluding hydrogens is 238 g/mol. The Hall–Kier alpha value is -2.16. The summed E-state index contributed by atoms with van der Waals surface area (Å²) >= 11 is 0. The zero-order chi connectivity index (χ0) is 13.1. The van der Waals surface area contributed by atoms with Crippen molar-refractivity contribution in [1.82, 2.24) is 4.98 Å². The fraction of sp³-hybridized carbons (Fsp3) is 0.250. The van der Waals surface area contributed by atoms with E-state index in [0.717, 1.165) is 18.5 Å². The van der Waals surface area contributed by atoms with Crippen LogP contribution in [0.4, 0.5) is 0 Å². The molecule has 3 nitrogen and oxygen atoms in total. The fourth-order valence-corrected chi connectivity index (χ4v) is 2.42. The number of nitrogens with zero attached hydrogens (tertiary/aromatic N) is 1. The van der Waals surface area contributed by atoms with E-state index in [4.69, 9.17) is 4.74 Å². The molecule has 0 saturated heterocycles. The number of carbonyl (C=O) groups is 1. The van der Waals surface area contributed by atoms with Crippen molar-refractivity contribution >= 4 is 6.29 Å². The van der Waals surface area contributed by atoms with Gasteiger partial charge in [0.05, 0.1) is 0 Å². The zero-order valence-corrected chi connectivity index (χ0v) is 10.6. The molecule has 0 amide bonds. The second-order valence-corrected chi connectivity index (χ2v) is 4.79. The number of rotatable bonds is 3. The largest absolute Gasteiger partial charge is 0.439 e. The lowest BCUT2D eigenvalue weighted by Gasteiger charge is -2.16. The Kier molecular flexibility index (Phi) is 3.27. The van der Waals surface area contributed by atoms with Crippen LogP contribution in [0.5, 0.6) is 11.6 Å². The SMILES string of the molecule is O=Cc1ccc(Oc2ccc3c(c2)CCCC3)nc1. The van der Waals surface area contributed by atoms with Gasteiger partial charge >= 0.3 is 0 Å². The first-order valence-corrected chi connectivity index (χ1v) is 6.56. The van der Waals surface area contributed by atoms with Crippen LogP contribution in [0, 0.1) is 0 Å². The number of benzene rings is 1. The van der Waals surface area contributed by atoms with E-state index in [1.165, 1.54) is 36.6 Å². The van der Waals surface area contributed by atoms with Crippen molar-refractivity contribution in [3.8, 4) is 11.6 Å². The average molecular weight is 253 g/mol. The van der Waals surface area contributed by atoms with E-state index in [1.54, 1.807) is 12.1 Å². The van der Waals surface area contributed by atoms with Gasteiger partial charge in [0.2, 0.25) is 5.88 Å². The summed E-state index contributed by atoms with van der Waals surface area (Å²) in [6, 6.07) is 9.64. The summed E-state index contributed by atoms with van der Waals surface area (Å²) in [5.74, 6) is 1.33. The van der Waals surface area contributed by atoms with Crippen molar-refractivity contribution in [3.63, 3.8) is 0 Å². The molecule has 1 aromatic carbocycles. The van der Waals surface area contributed by atoms with Crippen LogP contribution in [0.15, 0.2) is 36.5 Å². The standard InChI is InChI=1S/C16H15NO2/c18-11-12-5-8-16(17-10-12)19-15-7-6-13-3-1-2-4-14(13)9-15/h5-11H,1-4H2. The highest BCUT2D eigenvalue weighted by Gasteiger charge is 2.10. The van der Waals surface area contributed by atoms with Gasteiger partial charge < -0.3 is 4.74 Å². The molecule has 0 radical (unpaired) electrons. The molecule has 0 atom stereocenters. The van der Waals surface area contributed by atoms with Crippen LogP contribution in [0.1, 0.15) is 34.3 Å². The van der Waals surface area contributed by atoms with Crippen molar-refractivity contribution < 1.29 is 9.53 Å². The molecule has 1 aromatic heterocycles. The Balaban J connectivity index is 1.80. The van der Waals surface area contributed by atoms with E-state index in [2.05, 4.69) is 17.1 Å². The van der Waals surface area contributed by atoms with Crippen LogP contribution < -0.4 is 4.74 Å². The number of fused-ring (bicyclic) bond motifs is 1. The molecule has 3 heteroatoms. The lowest BCUT2D eigenvalue weighted by molar-refractivity contribution is 0.112. The van der Waals surface area contributed by atoms with Crippen molar-refractivity contribution in [2.45, 2.75) is 25.7 Å². The Morgan fingerprint density at radius 3 is 2.63 bits per heavy atom. The van der Waals surface area contributed by atoms with E-state index in [0.29, 0.717) is 11.4 Å². The molecule has 0 spiro atoms. The normalized spacial score (nSPS) is 13.7. The van der Waals surface area contributed by atoms with Gasteiger partial charge in [-0.2, -0.15) is 0 Å². The smallest absolute Gasteiger partial charge is 0.219 e. The van der Waals surface area contributed by atoms with Crippen molar-refractivity contribution in [3.05, 3.63) is 53.2 Å². The highest BCUT2D eigenvalue weighted by Crippen LogP contribution is 2.27. The number of pyridine rings is 1. The number of hydrogen-bond acceptors (Lipinski definition) is 3. The first-order chi connectivity index (χ1) is 9.35. The topological polar surface area (TPSA) is 39.2 Å². The third-order valence-corrected chi connectivity index (χ3v) is 3.44. The van der Waals surface area contributed by atoms with Gasteiger partial charge in [-0.15, -0.1) is 0 Å². The molecule has 0 N–H and O–H groups in total. The zero-order valence-electron chi connectivity index (χ0n) is 10.6. The van der Waals surface area contributed by atoms with Crippen LogP contribution in [0.25, 0.3) is 0 Å². The van der Waals surface area contributed by atoms with Crippen LogP contribution in [0.3, 0.4) is 0 Å². The van der Waals surface area contributed by atoms with Gasteiger partial charge in [0, 0.05) is 17.8 Å². The minimum Gasteiger partial charge on any atom is -0.439 e. The lowest BCUT2D eigenvalue weighted by atomic mass is 9.92. The molecule has 0 bridgehead atoms. The summed E-state index contributed by atoms with van der Waals surface area (Å²) in [4.78, 5) is 14.7. The number of ether oxygens (including phenoxy) is 1. The van der Waals surface area contributed by atoms with E-state index < -0.39 is 0 Å². The third kappa shape index (κ3) is 2.65. The van der Waals surface area contributed by atoms with Crippen molar-refractivity contribution in [2.24, 2.45) is 0 Å². The summed E-state index contributed by atoms with van der Waals surface area (Å²) in [5.41, 5.74) is 3.37.